The van der Waals surface area contributed by atoms with Crippen LogP contribution in [-0.2, 0) is 4.79 Å². The van der Waals surface area contributed by atoms with Gasteiger partial charge in [0.2, 0.25) is 5.91 Å². The highest BCUT2D eigenvalue weighted by atomic mass is 16.5. The zero-order valence-electron chi connectivity index (χ0n) is 19.3. The summed E-state index contributed by atoms with van der Waals surface area (Å²) >= 11 is 0. The van der Waals surface area contributed by atoms with Crippen molar-refractivity contribution in [1.82, 2.24) is 9.80 Å². The number of benzene rings is 2. The molecule has 2 saturated heterocycles. The van der Waals surface area contributed by atoms with E-state index in [9.17, 15) is 9.59 Å². The monoisotopic (exact) mass is 454 g/mol. The number of anilines is 2. The summed E-state index contributed by atoms with van der Waals surface area (Å²) in [6.07, 6.45) is 0. The number of methoxy groups -OCH3 is 3. The van der Waals surface area contributed by atoms with E-state index in [1.165, 1.54) is 0 Å². The summed E-state index contributed by atoms with van der Waals surface area (Å²) in [5.41, 5.74) is 1.67. The molecule has 0 bridgehead atoms. The van der Waals surface area contributed by atoms with E-state index in [4.69, 9.17) is 14.2 Å². The Morgan fingerprint density at radius 2 is 1.52 bits per heavy atom. The van der Waals surface area contributed by atoms with E-state index in [2.05, 4.69) is 4.90 Å². The molecule has 2 fully saturated rings. The number of nitrogens with zero attached hydrogens (tertiary/aromatic N) is 4. The minimum absolute atomic E-state index is 0.0394. The standard InChI is InChI=1S/C24H30N4O5/c1-31-18-8-9-22(33-3)20(16-18)28-15-14-27(24(28)30)17-23(29)26-12-10-25(11-13-26)19-6-4-5-7-21(19)32-2/h4-9,16H,10-15,17H2,1-3H3. The van der Waals surface area contributed by atoms with Gasteiger partial charge in [0.15, 0.2) is 0 Å². The van der Waals surface area contributed by atoms with Gasteiger partial charge in [0.25, 0.3) is 0 Å². The molecule has 2 aromatic rings. The maximum Gasteiger partial charge on any atom is 0.325 e. The first-order chi connectivity index (χ1) is 16.0. The maximum absolute atomic E-state index is 13.1. The second kappa shape index (κ2) is 9.89. The summed E-state index contributed by atoms with van der Waals surface area (Å²) in [5, 5.41) is 0. The molecule has 4 rings (SSSR count). The molecule has 2 heterocycles. The summed E-state index contributed by atoms with van der Waals surface area (Å²) in [6, 6.07) is 13.0. The molecule has 0 aliphatic carbocycles. The SMILES string of the molecule is COc1ccc(OC)c(N2CCN(CC(=O)N3CCN(c4ccccc4OC)CC3)C2=O)c1. The first-order valence-corrected chi connectivity index (χ1v) is 11.0. The Bertz CT molecular complexity index is 1010. The number of urea groups is 1. The first kappa shape index (κ1) is 22.6. The highest BCUT2D eigenvalue weighted by Gasteiger charge is 2.34. The number of carbonyl (C=O) groups excluding carboxylic acids is 2. The molecule has 3 amide bonds. The molecule has 2 aliphatic rings. The minimum Gasteiger partial charge on any atom is -0.497 e. The van der Waals surface area contributed by atoms with Crippen LogP contribution in [0.5, 0.6) is 17.2 Å². The van der Waals surface area contributed by atoms with E-state index in [1.807, 2.05) is 29.2 Å². The number of amides is 3. The number of rotatable bonds is 7. The predicted molar refractivity (Wildman–Crippen MR) is 126 cm³/mol. The number of hydrogen-bond donors (Lipinski definition) is 0. The topological polar surface area (TPSA) is 74.8 Å². The number of hydrogen-bond acceptors (Lipinski definition) is 6. The smallest absolute Gasteiger partial charge is 0.325 e. The van der Waals surface area contributed by atoms with Crippen LogP contribution in [0.2, 0.25) is 0 Å². The zero-order valence-corrected chi connectivity index (χ0v) is 19.3. The zero-order chi connectivity index (χ0) is 23.4. The van der Waals surface area contributed by atoms with Gasteiger partial charge < -0.3 is 28.9 Å². The van der Waals surface area contributed by atoms with Gasteiger partial charge in [-0.2, -0.15) is 0 Å². The molecule has 33 heavy (non-hydrogen) atoms. The van der Waals surface area contributed by atoms with Gasteiger partial charge in [0, 0.05) is 45.3 Å². The van der Waals surface area contributed by atoms with Gasteiger partial charge in [-0.15, -0.1) is 0 Å². The predicted octanol–water partition coefficient (Wildman–Crippen LogP) is 2.30. The van der Waals surface area contributed by atoms with Crippen LogP contribution >= 0.6 is 0 Å². The quantitative estimate of drug-likeness (QED) is 0.639. The number of para-hydroxylation sites is 2. The van der Waals surface area contributed by atoms with Crippen LogP contribution in [-0.4, -0.2) is 88.9 Å². The summed E-state index contributed by atoms with van der Waals surface area (Å²) in [4.78, 5) is 33.3. The molecule has 0 saturated carbocycles. The third kappa shape index (κ3) is 4.62. The molecular formula is C24H30N4O5. The van der Waals surface area contributed by atoms with E-state index in [-0.39, 0.29) is 18.5 Å². The van der Waals surface area contributed by atoms with E-state index in [1.54, 1.807) is 49.3 Å². The van der Waals surface area contributed by atoms with Crippen LogP contribution in [0.25, 0.3) is 0 Å². The average Bonchev–Trinajstić information content (AvgIpc) is 3.23. The fraction of sp³-hybridized carbons (Fsp3) is 0.417. The van der Waals surface area contributed by atoms with Crippen molar-refractivity contribution < 1.29 is 23.8 Å². The molecule has 9 nitrogen and oxygen atoms in total. The Kier molecular flexibility index (Phi) is 6.76. The fourth-order valence-electron chi connectivity index (χ4n) is 4.31. The van der Waals surface area contributed by atoms with Gasteiger partial charge >= 0.3 is 6.03 Å². The van der Waals surface area contributed by atoms with E-state index >= 15 is 0 Å². The van der Waals surface area contributed by atoms with Crippen molar-refractivity contribution in [2.24, 2.45) is 0 Å². The normalized spacial score (nSPS) is 16.3. The van der Waals surface area contributed by atoms with Crippen LogP contribution in [0.1, 0.15) is 0 Å². The Balaban J connectivity index is 1.36. The van der Waals surface area contributed by atoms with Crippen LogP contribution < -0.4 is 24.0 Å². The summed E-state index contributed by atoms with van der Waals surface area (Å²) in [7, 11) is 4.81. The molecule has 2 aromatic carbocycles. The molecule has 0 unspecified atom stereocenters. The second-order valence-electron chi connectivity index (χ2n) is 7.93. The Labute approximate surface area is 194 Å². The molecule has 0 atom stereocenters. The van der Waals surface area contributed by atoms with Crippen molar-refractivity contribution in [3.63, 3.8) is 0 Å². The van der Waals surface area contributed by atoms with Crippen molar-refractivity contribution in [3.05, 3.63) is 42.5 Å². The lowest BCUT2D eigenvalue weighted by Gasteiger charge is -2.37. The van der Waals surface area contributed by atoms with Crippen LogP contribution in [0.15, 0.2) is 42.5 Å². The summed E-state index contributed by atoms with van der Waals surface area (Å²) in [6.45, 7) is 3.67. The molecule has 0 radical (unpaired) electrons. The van der Waals surface area contributed by atoms with Gasteiger partial charge in [0.05, 0.1) is 32.7 Å². The third-order valence-electron chi connectivity index (χ3n) is 6.16. The molecule has 2 aliphatic heterocycles. The second-order valence-corrected chi connectivity index (χ2v) is 7.93. The van der Waals surface area contributed by atoms with Gasteiger partial charge in [-0.05, 0) is 24.3 Å². The maximum atomic E-state index is 13.1. The van der Waals surface area contributed by atoms with Crippen molar-refractivity contribution in [3.8, 4) is 17.2 Å². The van der Waals surface area contributed by atoms with Crippen molar-refractivity contribution in [2.75, 3.05) is 76.9 Å². The van der Waals surface area contributed by atoms with Gasteiger partial charge in [-0.1, -0.05) is 12.1 Å². The Hall–Kier alpha value is -3.62. The van der Waals surface area contributed by atoms with Crippen LogP contribution in [0.3, 0.4) is 0 Å². The number of ether oxygens (including phenoxy) is 3. The molecule has 0 spiro atoms. The highest BCUT2D eigenvalue weighted by Crippen LogP contribution is 2.34. The molecule has 0 N–H and O–H groups in total. The van der Waals surface area contributed by atoms with Crippen molar-refractivity contribution >= 4 is 23.3 Å². The molecular weight excluding hydrogens is 424 g/mol. The lowest BCUT2D eigenvalue weighted by Crippen LogP contribution is -2.51. The fourth-order valence-corrected chi connectivity index (χ4v) is 4.31. The Morgan fingerprint density at radius 1 is 0.818 bits per heavy atom. The van der Waals surface area contributed by atoms with Gasteiger partial charge in [-0.3, -0.25) is 9.69 Å². The largest absolute Gasteiger partial charge is 0.497 e. The van der Waals surface area contributed by atoms with E-state index in [0.29, 0.717) is 56.5 Å². The third-order valence-corrected chi connectivity index (χ3v) is 6.16. The lowest BCUT2D eigenvalue weighted by atomic mass is 10.2. The average molecular weight is 455 g/mol. The van der Waals surface area contributed by atoms with Crippen molar-refractivity contribution in [2.45, 2.75) is 0 Å². The molecule has 0 aromatic heterocycles. The first-order valence-electron chi connectivity index (χ1n) is 11.0. The summed E-state index contributed by atoms with van der Waals surface area (Å²) < 4.78 is 16.2. The van der Waals surface area contributed by atoms with E-state index in [0.717, 1.165) is 11.4 Å². The van der Waals surface area contributed by atoms with Gasteiger partial charge in [-0.25, -0.2) is 4.79 Å². The van der Waals surface area contributed by atoms with Crippen LogP contribution in [0.4, 0.5) is 16.2 Å². The summed E-state index contributed by atoms with van der Waals surface area (Å²) in [5.74, 6) is 2.02. The lowest BCUT2D eigenvalue weighted by molar-refractivity contribution is -0.131. The minimum atomic E-state index is -0.206. The van der Waals surface area contributed by atoms with Crippen molar-refractivity contribution in [1.29, 1.82) is 0 Å². The Morgan fingerprint density at radius 3 is 2.21 bits per heavy atom. The number of piperazine rings is 1. The number of carbonyl (C=O) groups is 2. The van der Waals surface area contributed by atoms with E-state index < -0.39 is 0 Å². The van der Waals surface area contributed by atoms with Crippen LogP contribution in [0, 0.1) is 0 Å². The molecule has 176 valence electrons. The molecule has 9 heteroatoms. The van der Waals surface area contributed by atoms with Gasteiger partial charge in [0.1, 0.15) is 23.8 Å². The highest BCUT2D eigenvalue weighted by molar-refractivity contribution is 5.98.